The maximum Gasteiger partial charge on any atom is 0.340 e. The highest BCUT2D eigenvalue weighted by molar-refractivity contribution is 7.90. The van der Waals surface area contributed by atoms with Gasteiger partial charge in [0.15, 0.2) is 0 Å². The molecule has 0 bridgehead atoms. The van der Waals surface area contributed by atoms with Crippen molar-refractivity contribution in [1.29, 1.82) is 0 Å². The van der Waals surface area contributed by atoms with Crippen LogP contribution < -0.4 is 5.73 Å². The number of anilines is 1. The van der Waals surface area contributed by atoms with Crippen LogP contribution in [0, 0.1) is 0 Å². The first-order valence-electron chi connectivity index (χ1n) is 5.20. The number of hydrogen-bond acceptors (Lipinski definition) is 5. The number of nitrogens with two attached hydrogens (primary N) is 1. The topological polar surface area (TPSA) is 86.5 Å². The number of carbonyl (C=O) groups excluding carboxylic acids is 1. The van der Waals surface area contributed by atoms with E-state index in [4.69, 9.17) is 22.1 Å². The number of esters is 1. The number of rotatable bonds is 5. The van der Waals surface area contributed by atoms with Crippen molar-refractivity contribution in [3.63, 3.8) is 0 Å². The summed E-state index contributed by atoms with van der Waals surface area (Å²) in [4.78, 5) is 11.6. The zero-order valence-corrected chi connectivity index (χ0v) is 11.4. The molecule has 2 N–H and O–H groups in total. The Balaban J connectivity index is 2.54. The zero-order valence-electron chi connectivity index (χ0n) is 9.85. The van der Waals surface area contributed by atoms with Gasteiger partial charge in [0.1, 0.15) is 9.84 Å². The number of nitrogen functional groups attached to an aromatic ring is 1. The number of sulfone groups is 1. The molecule has 0 saturated heterocycles. The Hall–Kier alpha value is -1.27. The minimum atomic E-state index is -3.04. The van der Waals surface area contributed by atoms with Gasteiger partial charge >= 0.3 is 5.97 Å². The molecule has 0 amide bonds. The predicted molar refractivity (Wildman–Crippen MR) is 70.5 cm³/mol. The molecule has 0 aliphatic carbocycles. The van der Waals surface area contributed by atoms with Gasteiger partial charge in [0.25, 0.3) is 0 Å². The highest BCUT2D eigenvalue weighted by Crippen LogP contribution is 2.22. The fraction of sp³-hybridized carbons (Fsp3) is 0.364. The van der Waals surface area contributed by atoms with Crippen LogP contribution in [0.4, 0.5) is 5.69 Å². The number of hydrogen-bond donors (Lipinski definition) is 1. The molecule has 0 radical (unpaired) electrons. The average molecular weight is 292 g/mol. The molecule has 0 aromatic heterocycles. The Morgan fingerprint density at radius 2 is 2.11 bits per heavy atom. The fourth-order valence-electron chi connectivity index (χ4n) is 1.28. The van der Waals surface area contributed by atoms with Crippen molar-refractivity contribution < 1.29 is 17.9 Å². The molecule has 100 valence electrons. The molecule has 0 aliphatic rings. The summed E-state index contributed by atoms with van der Waals surface area (Å²) in [7, 11) is -3.04. The van der Waals surface area contributed by atoms with Crippen molar-refractivity contribution in [2.75, 3.05) is 24.3 Å². The minimum Gasteiger partial charge on any atom is -0.462 e. The van der Waals surface area contributed by atoms with Crippen LogP contribution in [0.15, 0.2) is 18.2 Å². The first kappa shape index (κ1) is 14.8. The van der Waals surface area contributed by atoms with Crippen molar-refractivity contribution in [1.82, 2.24) is 0 Å². The largest absolute Gasteiger partial charge is 0.462 e. The minimum absolute atomic E-state index is 0.0225. The first-order chi connectivity index (χ1) is 8.31. The average Bonchev–Trinajstić information content (AvgIpc) is 2.26. The third-order valence-electron chi connectivity index (χ3n) is 2.17. The summed E-state index contributed by atoms with van der Waals surface area (Å²) in [6.07, 6.45) is 1.38. The van der Waals surface area contributed by atoms with Crippen molar-refractivity contribution in [2.45, 2.75) is 6.42 Å². The van der Waals surface area contributed by atoms with Crippen LogP contribution in [0.3, 0.4) is 0 Å². The van der Waals surface area contributed by atoms with Gasteiger partial charge in [-0.05, 0) is 18.6 Å². The Kier molecular flexibility index (Phi) is 4.98. The number of halogens is 1. The van der Waals surface area contributed by atoms with Crippen molar-refractivity contribution in [2.24, 2.45) is 0 Å². The standard InChI is InChI=1S/C11H14ClNO4S/c1-18(15,16)7-3-6-17-11(14)8-4-2-5-9(12)10(8)13/h2,4-5H,3,6-7,13H2,1H3. The van der Waals surface area contributed by atoms with Gasteiger partial charge in [0.05, 0.1) is 28.6 Å². The molecule has 0 saturated carbocycles. The smallest absolute Gasteiger partial charge is 0.340 e. The van der Waals surface area contributed by atoms with E-state index in [-0.39, 0.29) is 35.1 Å². The maximum atomic E-state index is 11.6. The Morgan fingerprint density at radius 3 is 2.72 bits per heavy atom. The molecular weight excluding hydrogens is 278 g/mol. The molecule has 7 heteroatoms. The summed E-state index contributed by atoms with van der Waals surface area (Å²) in [5.74, 6) is -0.630. The third kappa shape index (κ3) is 4.54. The van der Waals surface area contributed by atoms with Crippen molar-refractivity contribution >= 4 is 33.1 Å². The van der Waals surface area contributed by atoms with Gasteiger partial charge in [-0.3, -0.25) is 0 Å². The lowest BCUT2D eigenvalue weighted by atomic mass is 10.2. The molecule has 1 aromatic carbocycles. The normalized spacial score (nSPS) is 11.2. The van der Waals surface area contributed by atoms with Crippen LogP contribution >= 0.6 is 11.6 Å². The van der Waals surface area contributed by atoms with Gasteiger partial charge in [0, 0.05) is 6.26 Å². The monoisotopic (exact) mass is 291 g/mol. The quantitative estimate of drug-likeness (QED) is 0.505. The zero-order chi connectivity index (χ0) is 13.8. The van der Waals surface area contributed by atoms with Crippen LogP contribution in [-0.2, 0) is 14.6 Å². The van der Waals surface area contributed by atoms with Crippen LogP contribution in [0.25, 0.3) is 0 Å². The predicted octanol–water partition coefficient (Wildman–Crippen LogP) is 1.51. The van der Waals surface area contributed by atoms with Crippen LogP contribution in [0.2, 0.25) is 5.02 Å². The summed E-state index contributed by atoms with van der Waals surface area (Å²) in [6, 6.07) is 4.66. The molecule has 0 fully saturated rings. The Morgan fingerprint density at radius 1 is 1.44 bits per heavy atom. The molecule has 1 aromatic rings. The second kappa shape index (κ2) is 6.06. The number of para-hydroxylation sites is 1. The van der Waals surface area contributed by atoms with Gasteiger partial charge in [-0.25, -0.2) is 13.2 Å². The highest BCUT2D eigenvalue weighted by Gasteiger charge is 2.13. The lowest BCUT2D eigenvalue weighted by Crippen LogP contribution is -2.12. The SMILES string of the molecule is CS(=O)(=O)CCCOC(=O)c1cccc(Cl)c1N. The van der Waals surface area contributed by atoms with Crippen LogP contribution in [0.1, 0.15) is 16.8 Å². The fourth-order valence-corrected chi connectivity index (χ4v) is 2.10. The van der Waals surface area contributed by atoms with Crippen LogP contribution in [-0.4, -0.2) is 33.0 Å². The molecule has 5 nitrogen and oxygen atoms in total. The first-order valence-corrected chi connectivity index (χ1v) is 7.64. The Labute approximate surface area is 111 Å². The van der Waals surface area contributed by atoms with E-state index >= 15 is 0 Å². The second-order valence-electron chi connectivity index (χ2n) is 3.82. The van der Waals surface area contributed by atoms with Gasteiger partial charge in [-0.2, -0.15) is 0 Å². The molecule has 1 rings (SSSR count). The van der Waals surface area contributed by atoms with Crippen molar-refractivity contribution in [3.05, 3.63) is 28.8 Å². The molecule has 0 atom stereocenters. The molecule has 0 unspecified atom stereocenters. The van der Waals surface area contributed by atoms with E-state index in [0.29, 0.717) is 0 Å². The van der Waals surface area contributed by atoms with Gasteiger partial charge in [-0.15, -0.1) is 0 Å². The van der Waals surface area contributed by atoms with E-state index in [1.54, 1.807) is 12.1 Å². The van der Waals surface area contributed by atoms with E-state index < -0.39 is 15.8 Å². The van der Waals surface area contributed by atoms with E-state index in [1.807, 2.05) is 0 Å². The summed E-state index contributed by atoms with van der Waals surface area (Å²) < 4.78 is 26.7. The second-order valence-corrected chi connectivity index (χ2v) is 6.49. The van der Waals surface area contributed by atoms with Crippen molar-refractivity contribution in [3.8, 4) is 0 Å². The summed E-state index contributed by atoms with van der Waals surface area (Å²) in [5.41, 5.74) is 5.97. The van der Waals surface area contributed by atoms with E-state index in [1.165, 1.54) is 6.07 Å². The Bertz CT molecular complexity index is 542. The number of carbonyl (C=O) groups is 1. The molecular formula is C11H14ClNO4S. The number of ether oxygens (including phenoxy) is 1. The molecule has 0 heterocycles. The van der Waals surface area contributed by atoms with Gasteiger partial charge in [0.2, 0.25) is 0 Å². The number of benzene rings is 1. The van der Waals surface area contributed by atoms with Gasteiger partial charge < -0.3 is 10.5 Å². The van der Waals surface area contributed by atoms with E-state index in [9.17, 15) is 13.2 Å². The van der Waals surface area contributed by atoms with Crippen LogP contribution in [0.5, 0.6) is 0 Å². The van der Waals surface area contributed by atoms with E-state index in [0.717, 1.165) is 6.26 Å². The third-order valence-corrected chi connectivity index (χ3v) is 3.53. The lowest BCUT2D eigenvalue weighted by Gasteiger charge is -2.07. The summed E-state index contributed by atoms with van der Waals surface area (Å²) >= 11 is 5.77. The molecule has 0 spiro atoms. The van der Waals surface area contributed by atoms with E-state index in [2.05, 4.69) is 0 Å². The summed E-state index contributed by atoms with van der Waals surface area (Å²) in [6.45, 7) is 0.0257. The molecule has 0 aliphatic heterocycles. The lowest BCUT2D eigenvalue weighted by molar-refractivity contribution is 0.0507. The summed E-state index contributed by atoms with van der Waals surface area (Å²) in [5, 5.41) is 0.278. The van der Waals surface area contributed by atoms with Gasteiger partial charge in [-0.1, -0.05) is 17.7 Å². The highest BCUT2D eigenvalue weighted by atomic mass is 35.5. The molecule has 18 heavy (non-hydrogen) atoms. The maximum absolute atomic E-state index is 11.6.